The lowest BCUT2D eigenvalue weighted by molar-refractivity contribution is -0.831. The molecular formula is C12H16ClN3O3S. The van der Waals surface area contributed by atoms with Crippen LogP contribution in [0.4, 0.5) is 0 Å². The van der Waals surface area contributed by atoms with E-state index in [1.165, 1.54) is 11.8 Å². The number of ether oxygens (including phenoxy) is 1. The van der Waals surface area contributed by atoms with Gasteiger partial charge in [-0.2, -0.15) is 0 Å². The molecule has 0 N–H and O–H groups in total. The second-order valence-electron chi connectivity index (χ2n) is 3.89. The molecular weight excluding hydrogens is 302 g/mol. The lowest BCUT2D eigenvalue weighted by Crippen LogP contribution is -2.25. The second-order valence-corrected chi connectivity index (χ2v) is 4.98. The molecule has 2 aromatic rings. The van der Waals surface area contributed by atoms with Crippen LogP contribution >= 0.6 is 24.2 Å². The molecule has 0 saturated carbocycles. The van der Waals surface area contributed by atoms with Gasteiger partial charge in [-0.3, -0.25) is 9.61 Å². The van der Waals surface area contributed by atoms with Crippen molar-refractivity contribution in [1.82, 2.24) is 10.1 Å². The monoisotopic (exact) mass is 317 g/mol. The molecule has 110 valence electrons. The van der Waals surface area contributed by atoms with Gasteiger partial charge in [0.05, 0.1) is 5.16 Å². The molecule has 6 nitrogen and oxygen atoms in total. The maximum atomic E-state index is 11.4. The number of unbranched alkanes of at least 4 members (excludes halogenated alkanes) is 1. The molecule has 0 spiro atoms. The Kier molecular flexibility index (Phi) is 7.17. The summed E-state index contributed by atoms with van der Waals surface area (Å²) in [5, 5.41) is 15.4. The first kappa shape index (κ1) is 16.6. The first-order valence-electron chi connectivity index (χ1n) is 6.05. The van der Waals surface area contributed by atoms with Crippen LogP contribution in [0.1, 0.15) is 25.3 Å². The van der Waals surface area contributed by atoms with Crippen molar-refractivity contribution in [3.8, 4) is 5.88 Å². The highest BCUT2D eigenvalue weighted by atomic mass is 35.5. The molecule has 2 aromatic heterocycles. The molecule has 2 heterocycles. The van der Waals surface area contributed by atoms with Crippen LogP contribution in [0.5, 0.6) is 5.88 Å². The fraction of sp³-hybridized carbons (Fsp3) is 0.417. The largest absolute Gasteiger partial charge is 0.450 e. The number of halogens is 1. The molecule has 0 bridgehead atoms. The molecule has 0 aliphatic carbocycles. The van der Waals surface area contributed by atoms with Crippen LogP contribution in [-0.2, 0) is 6.61 Å². The van der Waals surface area contributed by atoms with Gasteiger partial charge in [0.15, 0.2) is 0 Å². The summed E-state index contributed by atoms with van der Waals surface area (Å²) in [4.78, 5) is 4.38. The third kappa shape index (κ3) is 4.57. The Hall–Kier alpha value is -1.47. The minimum atomic E-state index is 0. The van der Waals surface area contributed by atoms with Crippen molar-refractivity contribution in [3.05, 3.63) is 35.3 Å². The molecule has 0 aliphatic rings. The fourth-order valence-electron chi connectivity index (χ4n) is 1.38. The quantitative estimate of drug-likeness (QED) is 0.444. The molecule has 0 unspecified atom stereocenters. The Morgan fingerprint density at radius 1 is 1.50 bits per heavy atom. The minimum absolute atomic E-state index is 0. The Morgan fingerprint density at radius 2 is 2.35 bits per heavy atom. The molecule has 0 fully saturated rings. The summed E-state index contributed by atoms with van der Waals surface area (Å²) in [5.74, 6) is 1.07. The number of nitrogens with zero attached hydrogens (tertiary/aromatic N) is 3. The highest BCUT2D eigenvalue weighted by molar-refractivity contribution is 7.99. The molecule has 0 saturated heterocycles. The molecule has 0 radical (unpaired) electrons. The Morgan fingerprint density at radius 3 is 3.05 bits per heavy atom. The van der Waals surface area contributed by atoms with E-state index in [-0.39, 0.29) is 18.3 Å². The minimum Gasteiger partial charge on any atom is -0.450 e. The number of pyridine rings is 1. The zero-order valence-corrected chi connectivity index (χ0v) is 12.7. The van der Waals surface area contributed by atoms with E-state index in [4.69, 9.17) is 4.74 Å². The summed E-state index contributed by atoms with van der Waals surface area (Å²) in [6.07, 6.45) is 5.49. The Balaban J connectivity index is 0.00000200. The predicted octanol–water partition coefficient (Wildman–Crippen LogP) is 2.60. The van der Waals surface area contributed by atoms with Crippen LogP contribution < -0.4 is 9.64 Å². The Bertz CT molecular complexity index is 510. The topological polar surface area (TPSA) is 75.1 Å². The first-order chi connectivity index (χ1) is 9.31. The summed E-state index contributed by atoms with van der Waals surface area (Å²) < 4.78 is 10.1. The highest BCUT2D eigenvalue weighted by Gasteiger charge is 2.21. The van der Waals surface area contributed by atoms with Crippen LogP contribution in [0.2, 0.25) is 0 Å². The molecule has 0 atom stereocenters. The maximum absolute atomic E-state index is 11.4. The van der Waals surface area contributed by atoms with Crippen molar-refractivity contribution in [2.45, 2.75) is 31.4 Å². The standard InChI is InChI=1S/C12H15N3O3S.ClH/c1-2-3-7-19-12-11(14-18-15(12)16)17-9-10-5-4-6-13-8-10;/h4-6,8H,2-3,7,9H2,1H3;1H. The third-order valence-corrected chi connectivity index (χ3v) is 3.47. The zero-order chi connectivity index (χ0) is 13.5. The summed E-state index contributed by atoms with van der Waals surface area (Å²) >= 11 is 1.39. The lowest BCUT2D eigenvalue weighted by Gasteiger charge is -2.01. The van der Waals surface area contributed by atoms with E-state index in [1.807, 2.05) is 12.1 Å². The number of hydrogen-bond acceptors (Lipinski definition) is 6. The van der Waals surface area contributed by atoms with Gasteiger partial charge in [-0.25, -0.2) is 0 Å². The van der Waals surface area contributed by atoms with Crippen LogP contribution in [0.3, 0.4) is 0 Å². The van der Waals surface area contributed by atoms with Crippen molar-refractivity contribution < 1.29 is 14.3 Å². The van der Waals surface area contributed by atoms with Crippen molar-refractivity contribution in [3.63, 3.8) is 0 Å². The van der Waals surface area contributed by atoms with Crippen LogP contribution in [0.15, 0.2) is 34.2 Å². The number of aromatic nitrogens is 3. The molecule has 0 amide bonds. The number of hydrogen-bond donors (Lipinski definition) is 0. The van der Waals surface area contributed by atoms with Crippen molar-refractivity contribution in [2.24, 2.45) is 0 Å². The van der Waals surface area contributed by atoms with E-state index in [9.17, 15) is 5.21 Å². The molecule has 0 aromatic carbocycles. The van der Waals surface area contributed by atoms with Gasteiger partial charge in [0, 0.05) is 23.7 Å². The summed E-state index contributed by atoms with van der Waals surface area (Å²) in [7, 11) is 0. The summed E-state index contributed by atoms with van der Waals surface area (Å²) in [5.41, 5.74) is 0.910. The maximum Gasteiger partial charge on any atom is 0.409 e. The van der Waals surface area contributed by atoms with Gasteiger partial charge in [-0.1, -0.05) is 31.2 Å². The average Bonchev–Trinajstić information content (AvgIpc) is 2.79. The van der Waals surface area contributed by atoms with Gasteiger partial charge < -0.3 is 9.94 Å². The van der Waals surface area contributed by atoms with E-state index in [0.717, 1.165) is 24.2 Å². The first-order valence-corrected chi connectivity index (χ1v) is 7.04. The summed E-state index contributed by atoms with van der Waals surface area (Å²) in [6.45, 7) is 2.40. The smallest absolute Gasteiger partial charge is 0.409 e. The van der Waals surface area contributed by atoms with E-state index >= 15 is 0 Å². The van der Waals surface area contributed by atoms with E-state index in [1.54, 1.807) is 12.4 Å². The van der Waals surface area contributed by atoms with Crippen LogP contribution in [0, 0.1) is 5.21 Å². The predicted molar refractivity (Wildman–Crippen MR) is 76.9 cm³/mol. The van der Waals surface area contributed by atoms with Crippen LogP contribution in [0.25, 0.3) is 0 Å². The third-order valence-electron chi connectivity index (χ3n) is 2.38. The highest BCUT2D eigenvalue weighted by Crippen LogP contribution is 2.25. The average molecular weight is 318 g/mol. The molecule has 0 aliphatic heterocycles. The Labute approximate surface area is 127 Å². The van der Waals surface area contributed by atoms with Gasteiger partial charge in [0.1, 0.15) is 6.61 Å². The second kappa shape index (κ2) is 8.65. The number of rotatable bonds is 7. The molecule has 8 heteroatoms. The van der Waals surface area contributed by atoms with Crippen LogP contribution in [-0.4, -0.2) is 15.9 Å². The van der Waals surface area contributed by atoms with Crippen molar-refractivity contribution in [1.29, 1.82) is 0 Å². The number of thioether (sulfide) groups is 1. The van der Waals surface area contributed by atoms with Gasteiger partial charge in [0.25, 0.3) is 5.03 Å². The normalized spacial score (nSPS) is 10.1. The van der Waals surface area contributed by atoms with Gasteiger partial charge in [-0.15, -0.1) is 12.4 Å². The van der Waals surface area contributed by atoms with E-state index in [0.29, 0.717) is 16.5 Å². The molecule has 20 heavy (non-hydrogen) atoms. The van der Waals surface area contributed by atoms with Crippen molar-refractivity contribution in [2.75, 3.05) is 5.75 Å². The SMILES string of the molecule is CCCCSc1c(OCc2cccnc2)no[n+]1[O-].Cl. The van der Waals surface area contributed by atoms with Gasteiger partial charge in [-0.05, 0) is 17.4 Å². The van der Waals surface area contributed by atoms with E-state index < -0.39 is 0 Å². The summed E-state index contributed by atoms with van der Waals surface area (Å²) in [6, 6.07) is 3.72. The van der Waals surface area contributed by atoms with Crippen molar-refractivity contribution >= 4 is 24.2 Å². The van der Waals surface area contributed by atoms with E-state index in [2.05, 4.69) is 21.7 Å². The molecule has 2 rings (SSSR count). The van der Waals surface area contributed by atoms with Gasteiger partial charge >= 0.3 is 5.88 Å². The fourth-order valence-corrected chi connectivity index (χ4v) is 2.36. The zero-order valence-electron chi connectivity index (χ0n) is 11.0. The lowest BCUT2D eigenvalue weighted by atomic mass is 10.3. The van der Waals surface area contributed by atoms with Gasteiger partial charge in [0.2, 0.25) is 0 Å².